The highest BCUT2D eigenvalue weighted by atomic mass is 35.5. The largest absolute Gasteiger partial charge is 0.356 e. The molecule has 0 saturated carbocycles. The maximum absolute atomic E-state index is 6.13. The van der Waals surface area contributed by atoms with Gasteiger partial charge in [0.15, 0.2) is 0 Å². The van der Waals surface area contributed by atoms with E-state index in [1.54, 1.807) is 0 Å². The third-order valence-electron chi connectivity index (χ3n) is 3.55. The summed E-state index contributed by atoms with van der Waals surface area (Å²) in [7, 11) is 0. The highest BCUT2D eigenvalue weighted by molar-refractivity contribution is 7.99. The minimum absolute atomic E-state index is 0.309. The lowest BCUT2D eigenvalue weighted by atomic mass is 10.2. The van der Waals surface area contributed by atoms with Crippen LogP contribution in [0, 0.1) is 0 Å². The SMILES string of the molecule is CSC1CCCN(c2cc(Cl)nc(C(C)C)n2)CC1. The van der Waals surface area contributed by atoms with Crippen molar-refractivity contribution in [1.82, 2.24) is 9.97 Å². The van der Waals surface area contributed by atoms with Crippen LogP contribution in [-0.4, -0.2) is 34.6 Å². The normalized spacial score (nSPS) is 20.7. The summed E-state index contributed by atoms with van der Waals surface area (Å²) in [5.74, 6) is 2.14. The van der Waals surface area contributed by atoms with Crippen molar-refractivity contribution in [3.63, 3.8) is 0 Å². The molecular weight excluding hydrogens is 278 g/mol. The summed E-state index contributed by atoms with van der Waals surface area (Å²) >= 11 is 8.11. The Morgan fingerprint density at radius 1 is 1.32 bits per heavy atom. The summed E-state index contributed by atoms with van der Waals surface area (Å²) in [6.45, 7) is 6.33. The molecule has 2 rings (SSSR count). The number of hydrogen-bond donors (Lipinski definition) is 0. The van der Waals surface area contributed by atoms with E-state index in [1.165, 1.54) is 19.3 Å². The van der Waals surface area contributed by atoms with E-state index in [2.05, 4.69) is 35.0 Å². The fourth-order valence-electron chi connectivity index (χ4n) is 2.37. The van der Waals surface area contributed by atoms with Gasteiger partial charge in [-0.25, -0.2) is 9.97 Å². The van der Waals surface area contributed by atoms with Crippen LogP contribution in [0.2, 0.25) is 5.15 Å². The Kier molecular flexibility index (Phi) is 5.34. The van der Waals surface area contributed by atoms with Crippen molar-refractivity contribution >= 4 is 29.2 Å². The Bertz CT molecular complexity index is 425. The van der Waals surface area contributed by atoms with Crippen molar-refractivity contribution in [3.05, 3.63) is 17.0 Å². The summed E-state index contributed by atoms with van der Waals surface area (Å²) in [6.07, 6.45) is 5.95. The molecule has 1 aromatic heterocycles. The topological polar surface area (TPSA) is 29.0 Å². The smallest absolute Gasteiger partial charge is 0.135 e. The molecule has 1 unspecified atom stereocenters. The molecule has 1 fully saturated rings. The monoisotopic (exact) mass is 299 g/mol. The summed E-state index contributed by atoms with van der Waals surface area (Å²) in [5, 5.41) is 1.34. The first kappa shape index (κ1) is 14.9. The first-order valence-corrected chi connectivity index (χ1v) is 8.59. The molecule has 0 bridgehead atoms. The standard InChI is InChI=1S/C14H22ClN3S/c1-10(2)14-16-12(15)9-13(17-14)18-7-4-5-11(19-3)6-8-18/h9-11H,4-8H2,1-3H3. The third kappa shape index (κ3) is 3.99. The molecule has 0 amide bonds. The van der Waals surface area contributed by atoms with Crippen molar-refractivity contribution in [2.24, 2.45) is 0 Å². The van der Waals surface area contributed by atoms with Crippen molar-refractivity contribution < 1.29 is 0 Å². The molecule has 0 spiro atoms. The van der Waals surface area contributed by atoms with Gasteiger partial charge >= 0.3 is 0 Å². The van der Waals surface area contributed by atoms with E-state index >= 15 is 0 Å². The van der Waals surface area contributed by atoms with Crippen LogP contribution >= 0.6 is 23.4 Å². The lowest BCUT2D eigenvalue weighted by Crippen LogP contribution is -2.26. The summed E-state index contributed by atoms with van der Waals surface area (Å²) in [6, 6.07) is 1.90. The number of hydrogen-bond acceptors (Lipinski definition) is 4. The van der Waals surface area contributed by atoms with Gasteiger partial charge in [-0.15, -0.1) is 0 Å². The van der Waals surface area contributed by atoms with Gasteiger partial charge in [-0.3, -0.25) is 0 Å². The highest BCUT2D eigenvalue weighted by Crippen LogP contribution is 2.26. The second-order valence-electron chi connectivity index (χ2n) is 5.34. The average molecular weight is 300 g/mol. The van der Waals surface area contributed by atoms with Crippen molar-refractivity contribution in [2.75, 3.05) is 24.2 Å². The molecule has 2 heterocycles. The number of rotatable bonds is 3. The van der Waals surface area contributed by atoms with Crippen LogP contribution in [0.25, 0.3) is 0 Å². The molecule has 0 radical (unpaired) electrons. The van der Waals surface area contributed by atoms with E-state index < -0.39 is 0 Å². The Hall–Kier alpha value is -0.480. The third-order valence-corrected chi connectivity index (χ3v) is 4.88. The molecule has 1 aliphatic heterocycles. The second-order valence-corrected chi connectivity index (χ2v) is 6.86. The van der Waals surface area contributed by atoms with E-state index in [0.29, 0.717) is 11.1 Å². The molecule has 1 saturated heterocycles. The first-order valence-electron chi connectivity index (χ1n) is 6.92. The number of thioether (sulfide) groups is 1. The fourth-order valence-corrected chi connectivity index (χ4v) is 3.30. The van der Waals surface area contributed by atoms with Gasteiger partial charge in [-0.1, -0.05) is 25.4 Å². The van der Waals surface area contributed by atoms with Crippen LogP contribution in [0.3, 0.4) is 0 Å². The lowest BCUT2D eigenvalue weighted by molar-refractivity contribution is 0.738. The first-order chi connectivity index (χ1) is 9.10. The molecule has 0 aromatic carbocycles. The van der Waals surface area contributed by atoms with Gasteiger partial charge in [0.2, 0.25) is 0 Å². The lowest BCUT2D eigenvalue weighted by Gasteiger charge is -2.22. The van der Waals surface area contributed by atoms with Gasteiger partial charge in [-0.2, -0.15) is 11.8 Å². The molecule has 106 valence electrons. The maximum atomic E-state index is 6.13. The number of aromatic nitrogens is 2. The zero-order chi connectivity index (χ0) is 13.8. The van der Waals surface area contributed by atoms with Crippen molar-refractivity contribution in [1.29, 1.82) is 0 Å². The number of nitrogens with zero attached hydrogens (tertiary/aromatic N) is 3. The van der Waals surface area contributed by atoms with E-state index in [4.69, 9.17) is 11.6 Å². The van der Waals surface area contributed by atoms with E-state index in [-0.39, 0.29) is 0 Å². The van der Waals surface area contributed by atoms with Gasteiger partial charge in [-0.05, 0) is 25.5 Å². The van der Waals surface area contributed by atoms with E-state index in [0.717, 1.165) is 30.0 Å². The Balaban J connectivity index is 2.16. The van der Waals surface area contributed by atoms with E-state index in [1.807, 2.05) is 17.8 Å². The van der Waals surface area contributed by atoms with Gasteiger partial charge in [0.05, 0.1) is 0 Å². The molecular formula is C14H22ClN3S. The van der Waals surface area contributed by atoms with Gasteiger partial charge in [0.25, 0.3) is 0 Å². The summed E-state index contributed by atoms with van der Waals surface area (Å²) < 4.78 is 0. The fraction of sp³-hybridized carbons (Fsp3) is 0.714. The Labute approximate surface area is 125 Å². The van der Waals surface area contributed by atoms with Crippen LogP contribution in [0.5, 0.6) is 0 Å². The van der Waals surface area contributed by atoms with Crippen LogP contribution in [0.4, 0.5) is 5.82 Å². The van der Waals surface area contributed by atoms with Crippen molar-refractivity contribution in [3.8, 4) is 0 Å². The quantitative estimate of drug-likeness (QED) is 0.790. The second kappa shape index (κ2) is 6.80. The minimum atomic E-state index is 0.309. The van der Waals surface area contributed by atoms with Crippen molar-refractivity contribution in [2.45, 2.75) is 44.3 Å². The molecule has 19 heavy (non-hydrogen) atoms. The predicted molar refractivity (Wildman–Crippen MR) is 84.5 cm³/mol. The maximum Gasteiger partial charge on any atom is 0.135 e. The van der Waals surface area contributed by atoms with Crippen LogP contribution in [0.15, 0.2) is 6.07 Å². The molecule has 0 N–H and O–H groups in total. The van der Waals surface area contributed by atoms with Gasteiger partial charge < -0.3 is 4.90 Å². The molecule has 0 aliphatic carbocycles. The number of anilines is 1. The summed E-state index contributed by atoms with van der Waals surface area (Å²) in [5.41, 5.74) is 0. The van der Waals surface area contributed by atoms with Crippen LogP contribution < -0.4 is 4.90 Å². The zero-order valence-corrected chi connectivity index (χ0v) is 13.5. The molecule has 1 atom stereocenters. The molecule has 1 aliphatic rings. The van der Waals surface area contributed by atoms with Gasteiger partial charge in [0, 0.05) is 30.3 Å². The molecule has 5 heteroatoms. The average Bonchev–Trinajstić information content (AvgIpc) is 2.63. The highest BCUT2D eigenvalue weighted by Gasteiger charge is 2.18. The minimum Gasteiger partial charge on any atom is -0.356 e. The Morgan fingerprint density at radius 3 is 2.79 bits per heavy atom. The summed E-state index contributed by atoms with van der Waals surface area (Å²) in [4.78, 5) is 11.3. The molecule has 1 aromatic rings. The Morgan fingerprint density at radius 2 is 2.11 bits per heavy atom. The van der Waals surface area contributed by atoms with E-state index in [9.17, 15) is 0 Å². The van der Waals surface area contributed by atoms with Crippen LogP contribution in [-0.2, 0) is 0 Å². The number of halogens is 1. The molecule has 3 nitrogen and oxygen atoms in total. The predicted octanol–water partition coefficient (Wildman–Crippen LogP) is 3.98. The zero-order valence-electron chi connectivity index (χ0n) is 11.9. The van der Waals surface area contributed by atoms with Gasteiger partial charge in [0.1, 0.15) is 16.8 Å². The van der Waals surface area contributed by atoms with Crippen LogP contribution in [0.1, 0.15) is 44.9 Å².